The zero-order valence-electron chi connectivity index (χ0n) is 13.6. The third-order valence-corrected chi connectivity index (χ3v) is 4.16. The van der Waals surface area contributed by atoms with Gasteiger partial charge in [-0.05, 0) is 55.8 Å². The van der Waals surface area contributed by atoms with Crippen LogP contribution in [-0.2, 0) is 9.53 Å². The van der Waals surface area contributed by atoms with Crippen LogP contribution in [0.1, 0.15) is 22.8 Å². The zero-order chi connectivity index (χ0) is 17.5. The fourth-order valence-corrected chi connectivity index (χ4v) is 2.37. The van der Waals surface area contributed by atoms with E-state index in [1.807, 2.05) is 25.1 Å². The number of amides is 1. The van der Waals surface area contributed by atoms with Crippen LogP contribution >= 0.6 is 15.9 Å². The number of benzene rings is 2. The van der Waals surface area contributed by atoms with Crippen LogP contribution in [0.5, 0.6) is 0 Å². The molecule has 1 amide bonds. The molecule has 0 bridgehead atoms. The molecule has 5 nitrogen and oxygen atoms in total. The summed E-state index contributed by atoms with van der Waals surface area (Å²) in [6.45, 7) is 4.24. The summed E-state index contributed by atoms with van der Waals surface area (Å²) < 4.78 is 5.90. The van der Waals surface area contributed by atoms with Crippen LogP contribution in [0.25, 0.3) is 0 Å². The lowest BCUT2D eigenvalue weighted by Gasteiger charge is -2.09. The highest BCUT2D eigenvalue weighted by atomic mass is 79.9. The van der Waals surface area contributed by atoms with Gasteiger partial charge in [0.1, 0.15) is 0 Å². The molecule has 0 saturated heterocycles. The van der Waals surface area contributed by atoms with Gasteiger partial charge in [0, 0.05) is 15.8 Å². The number of halogens is 1. The highest BCUT2D eigenvalue weighted by Crippen LogP contribution is 2.20. The van der Waals surface area contributed by atoms with Gasteiger partial charge in [-0.1, -0.05) is 22.0 Å². The minimum Gasteiger partial charge on any atom is -0.462 e. The molecule has 0 heterocycles. The highest BCUT2D eigenvalue weighted by molar-refractivity contribution is 9.10. The molecule has 0 aromatic heterocycles. The second kappa shape index (κ2) is 8.49. The largest absolute Gasteiger partial charge is 0.462 e. The van der Waals surface area contributed by atoms with Crippen LogP contribution in [0.3, 0.4) is 0 Å². The van der Waals surface area contributed by atoms with Crippen molar-refractivity contribution in [2.75, 3.05) is 23.8 Å². The second-order valence-corrected chi connectivity index (χ2v) is 6.02. The summed E-state index contributed by atoms with van der Waals surface area (Å²) in [6, 6.07) is 12.4. The van der Waals surface area contributed by atoms with Gasteiger partial charge in [0.25, 0.3) is 0 Å². The number of esters is 1. The van der Waals surface area contributed by atoms with Crippen molar-refractivity contribution in [1.82, 2.24) is 0 Å². The van der Waals surface area contributed by atoms with Crippen LogP contribution in [-0.4, -0.2) is 25.0 Å². The fraction of sp³-hybridized carbons (Fsp3) is 0.222. The van der Waals surface area contributed by atoms with Gasteiger partial charge in [0.2, 0.25) is 5.91 Å². The minimum absolute atomic E-state index is 0.148. The van der Waals surface area contributed by atoms with Gasteiger partial charge >= 0.3 is 5.97 Å². The fourth-order valence-electron chi connectivity index (χ4n) is 1.99. The molecule has 0 saturated carbocycles. The molecule has 6 heteroatoms. The van der Waals surface area contributed by atoms with Crippen molar-refractivity contribution in [2.24, 2.45) is 0 Å². The summed E-state index contributed by atoms with van der Waals surface area (Å²) in [5.74, 6) is -0.544. The van der Waals surface area contributed by atoms with Gasteiger partial charge in [-0.15, -0.1) is 0 Å². The van der Waals surface area contributed by atoms with Crippen LogP contribution in [0.4, 0.5) is 11.4 Å². The lowest BCUT2D eigenvalue weighted by molar-refractivity contribution is -0.114. The first-order valence-corrected chi connectivity index (χ1v) is 8.36. The second-order valence-electron chi connectivity index (χ2n) is 5.16. The SMILES string of the molecule is CCOC(=O)c1ccc(NC(=O)CNc2ccc(C)c(Br)c2)cc1. The van der Waals surface area contributed by atoms with Gasteiger partial charge in [-0.2, -0.15) is 0 Å². The molecular formula is C18H19BrN2O3. The third-order valence-electron chi connectivity index (χ3n) is 3.30. The Morgan fingerprint density at radius 3 is 2.38 bits per heavy atom. The Labute approximate surface area is 149 Å². The van der Waals surface area contributed by atoms with E-state index in [4.69, 9.17) is 4.74 Å². The van der Waals surface area contributed by atoms with E-state index in [0.29, 0.717) is 17.9 Å². The molecule has 0 unspecified atom stereocenters. The number of ether oxygens (including phenoxy) is 1. The topological polar surface area (TPSA) is 67.4 Å². The number of hydrogen-bond acceptors (Lipinski definition) is 4. The van der Waals surface area contributed by atoms with E-state index in [0.717, 1.165) is 15.7 Å². The Kier molecular flexibility index (Phi) is 6.37. The van der Waals surface area contributed by atoms with Gasteiger partial charge in [0.05, 0.1) is 18.7 Å². The summed E-state index contributed by atoms with van der Waals surface area (Å²) in [6.07, 6.45) is 0. The first kappa shape index (κ1) is 18.0. The average molecular weight is 391 g/mol. The van der Waals surface area contributed by atoms with E-state index in [1.54, 1.807) is 31.2 Å². The number of nitrogens with one attached hydrogen (secondary N) is 2. The lowest BCUT2D eigenvalue weighted by atomic mass is 10.2. The highest BCUT2D eigenvalue weighted by Gasteiger charge is 2.07. The lowest BCUT2D eigenvalue weighted by Crippen LogP contribution is -2.21. The number of carbonyl (C=O) groups excluding carboxylic acids is 2. The molecular weight excluding hydrogens is 372 g/mol. The molecule has 2 rings (SSSR count). The molecule has 0 radical (unpaired) electrons. The quantitative estimate of drug-likeness (QED) is 0.731. The molecule has 0 spiro atoms. The molecule has 0 fully saturated rings. The van der Waals surface area contributed by atoms with Crippen LogP contribution in [0, 0.1) is 6.92 Å². The van der Waals surface area contributed by atoms with Gasteiger partial charge in [-0.25, -0.2) is 4.79 Å². The van der Waals surface area contributed by atoms with Crippen LogP contribution < -0.4 is 10.6 Å². The van der Waals surface area contributed by atoms with E-state index in [9.17, 15) is 9.59 Å². The van der Waals surface area contributed by atoms with Crippen LogP contribution in [0.2, 0.25) is 0 Å². The van der Waals surface area contributed by atoms with Gasteiger partial charge in [-0.3, -0.25) is 4.79 Å². The number of hydrogen-bond donors (Lipinski definition) is 2. The smallest absolute Gasteiger partial charge is 0.338 e. The molecule has 2 aromatic rings. The maximum absolute atomic E-state index is 12.0. The zero-order valence-corrected chi connectivity index (χ0v) is 15.1. The molecule has 0 aliphatic heterocycles. The van der Waals surface area contributed by atoms with E-state index in [2.05, 4.69) is 26.6 Å². The Balaban J connectivity index is 1.87. The van der Waals surface area contributed by atoms with Gasteiger partial charge in [0.15, 0.2) is 0 Å². The number of anilines is 2. The number of aryl methyl sites for hydroxylation is 1. The molecule has 24 heavy (non-hydrogen) atoms. The Bertz CT molecular complexity index is 730. The molecule has 2 aromatic carbocycles. The van der Waals surface area contributed by atoms with Crippen LogP contribution in [0.15, 0.2) is 46.9 Å². The minimum atomic E-state index is -0.373. The van der Waals surface area contributed by atoms with Crippen molar-refractivity contribution < 1.29 is 14.3 Å². The molecule has 126 valence electrons. The van der Waals surface area contributed by atoms with Crippen molar-refractivity contribution in [3.8, 4) is 0 Å². The standard InChI is InChI=1S/C18H19BrN2O3/c1-3-24-18(23)13-5-8-14(9-6-13)21-17(22)11-20-15-7-4-12(2)16(19)10-15/h4-10,20H,3,11H2,1-2H3,(H,21,22). The Morgan fingerprint density at radius 1 is 1.08 bits per heavy atom. The summed E-state index contributed by atoms with van der Waals surface area (Å²) >= 11 is 3.46. The summed E-state index contributed by atoms with van der Waals surface area (Å²) in [5.41, 5.74) is 3.07. The monoisotopic (exact) mass is 390 g/mol. The van der Waals surface area contributed by atoms with E-state index in [1.165, 1.54) is 0 Å². The third kappa shape index (κ3) is 5.09. The Morgan fingerprint density at radius 2 is 1.75 bits per heavy atom. The first-order valence-electron chi connectivity index (χ1n) is 7.56. The van der Waals surface area contributed by atoms with E-state index in [-0.39, 0.29) is 18.4 Å². The van der Waals surface area contributed by atoms with E-state index >= 15 is 0 Å². The van der Waals surface area contributed by atoms with Crippen molar-refractivity contribution in [3.05, 3.63) is 58.1 Å². The predicted molar refractivity (Wildman–Crippen MR) is 98.4 cm³/mol. The summed E-state index contributed by atoms with van der Waals surface area (Å²) in [7, 11) is 0. The van der Waals surface area contributed by atoms with Gasteiger partial charge < -0.3 is 15.4 Å². The molecule has 0 aliphatic rings. The summed E-state index contributed by atoms with van der Waals surface area (Å²) in [4.78, 5) is 23.5. The van der Waals surface area contributed by atoms with Crippen molar-refractivity contribution in [2.45, 2.75) is 13.8 Å². The summed E-state index contributed by atoms with van der Waals surface area (Å²) in [5, 5.41) is 5.83. The molecule has 0 aliphatic carbocycles. The normalized spacial score (nSPS) is 10.1. The first-order chi connectivity index (χ1) is 11.5. The Hall–Kier alpha value is -2.34. The predicted octanol–water partition coefficient (Wildman–Crippen LogP) is 3.98. The van der Waals surface area contributed by atoms with Crippen molar-refractivity contribution in [1.29, 1.82) is 0 Å². The number of carbonyl (C=O) groups is 2. The average Bonchev–Trinajstić information content (AvgIpc) is 2.57. The van der Waals surface area contributed by atoms with Crippen molar-refractivity contribution in [3.63, 3.8) is 0 Å². The maximum atomic E-state index is 12.0. The van der Waals surface area contributed by atoms with E-state index < -0.39 is 0 Å². The molecule has 0 atom stereocenters. The number of rotatable bonds is 6. The molecule has 2 N–H and O–H groups in total. The van der Waals surface area contributed by atoms with Crippen molar-refractivity contribution >= 4 is 39.2 Å². The maximum Gasteiger partial charge on any atom is 0.338 e.